The van der Waals surface area contributed by atoms with Gasteiger partial charge in [-0.15, -0.1) is 0 Å². The summed E-state index contributed by atoms with van der Waals surface area (Å²) in [7, 11) is 1.51. The Kier molecular flexibility index (Phi) is 6.68. The molecule has 0 saturated heterocycles. The van der Waals surface area contributed by atoms with Gasteiger partial charge in [0.1, 0.15) is 28.5 Å². The lowest BCUT2D eigenvalue weighted by atomic mass is 10.2. The first kappa shape index (κ1) is 19.8. The molecule has 1 aromatic carbocycles. The third-order valence-corrected chi connectivity index (χ3v) is 4.35. The van der Waals surface area contributed by atoms with Gasteiger partial charge >= 0.3 is 0 Å². The second-order valence-corrected chi connectivity index (χ2v) is 6.21. The average Bonchev–Trinajstić information content (AvgIpc) is 2.60. The van der Waals surface area contributed by atoms with Crippen molar-refractivity contribution in [3.63, 3.8) is 0 Å². The van der Waals surface area contributed by atoms with Crippen LogP contribution in [0.1, 0.15) is 11.3 Å². The quantitative estimate of drug-likeness (QED) is 0.722. The van der Waals surface area contributed by atoms with Crippen LogP contribution in [0.25, 0.3) is 0 Å². The summed E-state index contributed by atoms with van der Waals surface area (Å²) in [5.41, 5.74) is 0.434. The number of likely N-dealkylation sites (N-methyl/N-ethyl adjacent to an activating group) is 1. The molecule has 0 bridgehead atoms. The highest BCUT2D eigenvalue weighted by molar-refractivity contribution is 9.10. The predicted octanol–water partition coefficient (Wildman–Crippen LogP) is 3.08. The number of pyridine rings is 1. The van der Waals surface area contributed by atoms with Gasteiger partial charge in [0.2, 0.25) is 5.91 Å². The molecule has 0 aliphatic carbocycles. The number of halogens is 3. The van der Waals surface area contributed by atoms with E-state index in [-0.39, 0.29) is 40.4 Å². The molecule has 5 nitrogen and oxygen atoms in total. The number of carbonyl (C=O) groups is 1. The summed E-state index contributed by atoms with van der Waals surface area (Å²) in [6.45, 7) is 1.78. The highest BCUT2D eigenvalue weighted by atomic mass is 79.9. The third-order valence-electron chi connectivity index (χ3n) is 3.62. The molecule has 0 aliphatic rings. The minimum Gasteiger partial charge on any atom is -0.487 e. The molecule has 26 heavy (non-hydrogen) atoms. The second-order valence-electron chi connectivity index (χ2n) is 5.42. The van der Waals surface area contributed by atoms with Crippen LogP contribution in [0, 0.1) is 18.6 Å². The van der Waals surface area contributed by atoms with E-state index in [1.54, 1.807) is 19.1 Å². The smallest absolute Gasteiger partial charge is 0.269 e. The third kappa shape index (κ3) is 4.78. The molecule has 0 unspecified atom stereocenters. The molecule has 0 spiro atoms. The SMILES string of the molecule is CNC(=O)C=CCn1c(C)cc(OCc2ccc(F)cc2F)c(Br)c1=O. The first-order valence-electron chi connectivity index (χ1n) is 7.68. The topological polar surface area (TPSA) is 60.3 Å². The molecule has 1 N–H and O–H groups in total. The fourth-order valence-electron chi connectivity index (χ4n) is 2.19. The molecule has 0 saturated carbocycles. The number of nitrogens with zero attached hydrogens (tertiary/aromatic N) is 1. The Morgan fingerprint density at radius 3 is 2.73 bits per heavy atom. The van der Waals surface area contributed by atoms with Crippen LogP contribution in [0.2, 0.25) is 0 Å². The lowest BCUT2D eigenvalue weighted by Gasteiger charge is -2.13. The lowest BCUT2D eigenvalue weighted by Crippen LogP contribution is -2.23. The van der Waals surface area contributed by atoms with E-state index in [0.29, 0.717) is 5.69 Å². The average molecular weight is 427 g/mol. The Labute approximate surface area is 157 Å². The number of aryl methyl sites for hydroxylation is 1. The Morgan fingerprint density at radius 2 is 2.08 bits per heavy atom. The van der Waals surface area contributed by atoms with Crippen LogP contribution in [-0.2, 0) is 17.9 Å². The lowest BCUT2D eigenvalue weighted by molar-refractivity contribution is -0.116. The van der Waals surface area contributed by atoms with Crippen molar-refractivity contribution < 1.29 is 18.3 Å². The first-order chi connectivity index (χ1) is 12.3. The summed E-state index contributed by atoms with van der Waals surface area (Å²) in [6, 6.07) is 4.82. The minimum atomic E-state index is -0.717. The molecule has 1 heterocycles. The summed E-state index contributed by atoms with van der Waals surface area (Å²) in [5, 5.41) is 2.44. The van der Waals surface area contributed by atoms with E-state index in [1.807, 2.05) is 0 Å². The molecule has 1 aromatic heterocycles. The van der Waals surface area contributed by atoms with Crippen LogP contribution in [-0.4, -0.2) is 17.5 Å². The van der Waals surface area contributed by atoms with Crippen LogP contribution in [0.3, 0.4) is 0 Å². The zero-order chi connectivity index (χ0) is 19.3. The molecule has 0 fully saturated rings. The Balaban J connectivity index is 2.19. The summed E-state index contributed by atoms with van der Waals surface area (Å²) in [4.78, 5) is 23.6. The zero-order valence-electron chi connectivity index (χ0n) is 14.2. The molecular weight excluding hydrogens is 410 g/mol. The Bertz CT molecular complexity index is 910. The van der Waals surface area contributed by atoms with Gasteiger partial charge in [0.05, 0.1) is 0 Å². The molecule has 138 valence electrons. The number of aromatic nitrogens is 1. The van der Waals surface area contributed by atoms with Gasteiger partial charge in [-0.05, 0) is 35.0 Å². The summed E-state index contributed by atoms with van der Waals surface area (Å²) >= 11 is 3.19. The van der Waals surface area contributed by atoms with E-state index in [2.05, 4.69) is 21.2 Å². The number of amides is 1. The molecule has 2 aromatic rings. The van der Waals surface area contributed by atoms with Crippen molar-refractivity contribution in [1.82, 2.24) is 9.88 Å². The second kappa shape index (κ2) is 8.75. The van der Waals surface area contributed by atoms with Gasteiger partial charge in [-0.2, -0.15) is 0 Å². The molecule has 0 radical (unpaired) electrons. The molecule has 0 atom stereocenters. The summed E-state index contributed by atoms with van der Waals surface area (Å²) in [6.07, 6.45) is 2.90. The van der Waals surface area contributed by atoms with Crippen LogP contribution in [0.5, 0.6) is 5.75 Å². The van der Waals surface area contributed by atoms with Crippen molar-refractivity contribution in [1.29, 1.82) is 0 Å². The number of nitrogens with one attached hydrogen (secondary N) is 1. The number of ether oxygens (including phenoxy) is 1. The van der Waals surface area contributed by atoms with Gasteiger partial charge in [-0.3, -0.25) is 9.59 Å². The highest BCUT2D eigenvalue weighted by Crippen LogP contribution is 2.24. The number of rotatable bonds is 6. The fourth-order valence-corrected chi connectivity index (χ4v) is 2.63. The summed E-state index contributed by atoms with van der Waals surface area (Å²) < 4.78 is 33.8. The monoisotopic (exact) mass is 426 g/mol. The van der Waals surface area contributed by atoms with Crippen molar-refractivity contribution in [3.8, 4) is 5.75 Å². The maximum Gasteiger partial charge on any atom is 0.269 e. The Morgan fingerprint density at radius 1 is 1.35 bits per heavy atom. The van der Waals surface area contributed by atoms with Gasteiger partial charge in [-0.1, -0.05) is 6.08 Å². The highest BCUT2D eigenvalue weighted by Gasteiger charge is 2.13. The van der Waals surface area contributed by atoms with E-state index in [1.165, 1.54) is 23.8 Å². The molecular formula is C18H17BrF2N2O3. The van der Waals surface area contributed by atoms with E-state index in [9.17, 15) is 18.4 Å². The minimum absolute atomic E-state index is 0.149. The van der Waals surface area contributed by atoms with Crippen molar-refractivity contribution in [2.45, 2.75) is 20.1 Å². The number of allylic oxidation sites excluding steroid dienone is 1. The standard InChI is InChI=1S/C18H17BrF2N2O3/c1-11-8-15(26-10-12-5-6-13(20)9-14(12)21)17(19)18(25)23(11)7-3-4-16(24)22-2/h3-6,8-9H,7,10H2,1-2H3,(H,22,24). The largest absolute Gasteiger partial charge is 0.487 e. The molecule has 8 heteroatoms. The Hall–Kier alpha value is -2.48. The van der Waals surface area contributed by atoms with Crippen LogP contribution in [0.15, 0.2) is 45.7 Å². The van der Waals surface area contributed by atoms with Gasteiger partial charge < -0.3 is 14.6 Å². The molecule has 2 rings (SSSR count). The van der Waals surface area contributed by atoms with Gasteiger partial charge in [0.15, 0.2) is 0 Å². The number of benzene rings is 1. The van der Waals surface area contributed by atoms with Crippen molar-refractivity contribution in [3.05, 3.63) is 74.1 Å². The van der Waals surface area contributed by atoms with E-state index < -0.39 is 11.6 Å². The first-order valence-corrected chi connectivity index (χ1v) is 8.47. The predicted molar refractivity (Wildman–Crippen MR) is 97.0 cm³/mol. The van der Waals surface area contributed by atoms with Gasteiger partial charge in [0.25, 0.3) is 5.56 Å². The van der Waals surface area contributed by atoms with Crippen LogP contribution < -0.4 is 15.6 Å². The molecule has 0 aliphatic heterocycles. The maximum atomic E-state index is 13.7. The van der Waals surface area contributed by atoms with E-state index in [0.717, 1.165) is 12.1 Å². The maximum absolute atomic E-state index is 13.7. The van der Waals surface area contributed by atoms with Gasteiger partial charge in [0, 0.05) is 43.1 Å². The fraction of sp³-hybridized carbons (Fsp3) is 0.222. The summed E-state index contributed by atoms with van der Waals surface area (Å²) in [5.74, 6) is -1.40. The van der Waals surface area contributed by atoms with Crippen molar-refractivity contribution in [2.24, 2.45) is 0 Å². The molecule has 1 amide bonds. The van der Waals surface area contributed by atoms with E-state index in [4.69, 9.17) is 4.74 Å². The van der Waals surface area contributed by atoms with Crippen LogP contribution in [0.4, 0.5) is 8.78 Å². The number of hydrogen-bond donors (Lipinski definition) is 1. The van der Waals surface area contributed by atoms with Crippen molar-refractivity contribution in [2.75, 3.05) is 7.05 Å². The van der Waals surface area contributed by atoms with Crippen molar-refractivity contribution >= 4 is 21.8 Å². The van der Waals surface area contributed by atoms with E-state index >= 15 is 0 Å². The van der Waals surface area contributed by atoms with Crippen LogP contribution >= 0.6 is 15.9 Å². The number of carbonyl (C=O) groups excluding carboxylic acids is 1. The van der Waals surface area contributed by atoms with Gasteiger partial charge in [-0.25, -0.2) is 8.78 Å². The zero-order valence-corrected chi connectivity index (χ0v) is 15.8. The number of hydrogen-bond acceptors (Lipinski definition) is 3. The normalized spacial score (nSPS) is 11.0.